The Labute approximate surface area is 174 Å². The summed E-state index contributed by atoms with van der Waals surface area (Å²) in [5, 5.41) is 0.491. The summed E-state index contributed by atoms with van der Waals surface area (Å²) in [6, 6.07) is 21.2. The van der Waals surface area contributed by atoms with Crippen molar-refractivity contribution in [1.82, 2.24) is 0 Å². The van der Waals surface area contributed by atoms with Gasteiger partial charge in [-0.25, -0.2) is 4.79 Å². The lowest BCUT2D eigenvalue weighted by atomic mass is 9.98. The first-order chi connectivity index (χ1) is 14.0. The number of halogens is 1. The van der Waals surface area contributed by atoms with E-state index in [1.54, 1.807) is 12.1 Å². The number of esters is 1. The van der Waals surface area contributed by atoms with Crippen LogP contribution in [0, 0.1) is 0 Å². The second kappa shape index (κ2) is 8.10. The maximum atomic E-state index is 12.6. The van der Waals surface area contributed by atoms with Crippen molar-refractivity contribution >= 4 is 29.2 Å². The van der Waals surface area contributed by atoms with Crippen molar-refractivity contribution in [3.8, 4) is 0 Å². The summed E-state index contributed by atoms with van der Waals surface area (Å²) in [4.78, 5) is 26.5. The van der Waals surface area contributed by atoms with Crippen LogP contribution in [0.1, 0.15) is 32.6 Å². The Morgan fingerprint density at radius 3 is 2.59 bits per heavy atom. The SMILES string of the molecule is COC(=O)c1cc(Cl)ccc1Cc1ccc2c(c1)CC(=O)N2Cc1ccccc1. The molecule has 1 amide bonds. The molecule has 1 aliphatic heterocycles. The lowest BCUT2D eigenvalue weighted by Gasteiger charge is -2.18. The summed E-state index contributed by atoms with van der Waals surface area (Å²) in [5.41, 5.74) is 5.39. The molecule has 0 N–H and O–H groups in total. The molecule has 3 aromatic carbocycles. The highest BCUT2D eigenvalue weighted by Gasteiger charge is 2.27. The van der Waals surface area contributed by atoms with E-state index in [1.807, 2.05) is 59.5 Å². The molecule has 0 aliphatic carbocycles. The maximum absolute atomic E-state index is 12.6. The smallest absolute Gasteiger partial charge is 0.338 e. The van der Waals surface area contributed by atoms with Gasteiger partial charge in [0.2, 0.25) is 5.91 Å². The Morgan fingerprint density at radius 2 is 1.83 bits per heavy atom. The zero-order valence-corrected chi connectivity index (χ0v) is 16.8. The van der Waals surface area contributed by atoms with Gasteiger partial charge in [-0.3, -0.25) is 4.79 Å². The van der Waals surface area contributed by atoms with Gasteiger partial charge in [0.25, 0.3) is 0 Å². The number of carbonyl (C=O) groups excluding carboxylic acids is 2. The molecule has 3 aromatic rings. The van der Waals surface area contributed by atoms with Crippen LogP contribution in [0.5, 0.6) is 0 Å². The van der Waals surface area contributed by atoms with Crippen LogP contribution in [0.4, 0.5) is 5.69 Å². The third-order valence-electron chi connectivity index (χ3n) is 5.13. The summed E-state index contributed by atoms with van der Waals surface area (Å²) in [6.45, 7) is 0.565. The predicted molar refractivity (Wildman–Crippen MR) is 113 cm³/mol. The number of ether oxygens (including phenoxy) is 1. The highest BCUT2D eigenvalue weighted by Crippen LogP contribution is 2.32. The van der Waals surface area contributed by atoms with Crippen molar-refractivity contribution in [3.05, 3.63) is 99.6 Å². The number of nitrogens with zero attached hydrogens (tertiary/aromatic N) is 1. The zero-order chi connectivity index (χ0) is 20.4. The first kappa shape index (κ1) is 19.2. The minimum atomic E-state index is -0.409. The molecule has 4 nitrogen and oxygen atoms in total. The molecule has 0 fully saturated rings. The third kappa shape index (κ3) is 4.03. The summed E-state index contributed by atoms with van der Waals surface area (Å²) in [7, 11) is 1.36. The molecule has 29 heavy (non-hydrogen) atoms. The van der Waals surface area contributed by atoms with Crippen LogP contribution in [-0.2, 0) is 28.9 Å². The largest absolute Gasteiger partial charge is 0.465 e. The van der Waals surface area contributed by atoms with Crippen molar-refractivity contribution in [3.63, 3.8) is 0 Å². The van der Waals surface area contributed by atoms with E-state index in [9.17, 15) is 9.59 Å². The van der Waals surface area contributed by atoms with Gasteiger partial charge in [-0.15, -0.1) is 0 Å². The monoisotopic (exact) mass is 405 g/mol. The number of hydrogen-bond donors (Lipinski definition) is 0. The van der Waals surface area contributed by atoms with Crippen molar-refractivity contribution < 1.29 is 14.3 Å². The van der Waals surface area contributed by atoms with Gasteiger partial charge in [-0.05, 0) is 46.9 Å². The molecule has 5 heteroatoms. The van der Waals surface area contributed by atoms with Gasteiger partial charge in [-0.1, -0.05) is 60.1 Å². The number of rotatable bonds is 5. The fourth-order valence-corrected chi connectivity index (χ4v) is 3.88. The zero-order valence-electron chi connectivity index (χ0n) is 16.0. The van der Waals surface area contributed by atoms with Crippen LogP contribution in [0.15, 0.2) is 66.7 Å². The first-order valence-corrected chi connectivity index (χ1v) is 9.76. The molecule has 0 aromatic heterocycles. The van der Waals surface area contributed by atoms with E-state index in [0.29, 0.717) is 30.0 Å². The van der Waals surface area contributed by atoms with Gasteiger partial charge < -0.3 is 9.64 Å². The quantitative estimate of drug-likeness (QED) is 0.572. The summed E-state index contributed by atoms with van der Waals surface area (Å²) < 4.78 is 4.88. The number of benzene rings is 3. The van der Waals surface area contributed by atoms with E-state index < -0.39 is 5.97 Å². The number of methoxy groups -OCH3 is 1. The fraction of sp³-hybridized carbons (Fsp3) is 0.167. The highest BCUT2D eigenvalue weighted by atomic mass is 35.5. The van der Waals surface area contributed by atoms with Gasteiger partial charge >= 0.3 is 5.97 Å². The Bertz CT molecular complexity index is 1080. The average molecular weight is 406 g/mol. The average Bonchev–Trinajstić information content (AvgIpc) is 3.04. The molecule has 0 saturated heterocycles. The summed E-state index contributed by atoms with van der Waals surface area (Å²) in [5.74, 6) is -0.310. The Hall–Kier alpha value is -3.11. The molecule has 0 radical (unpaired) electrons. The van der Waals surface area contributed by atoms with Crippen molar-refractivity contribution in [1.29, 1.82) is 0 Å². The third-order valence-corrected chi connectivity index (χ3v) is 5.37. The summed E-state index contributed by atoms with van der Waals surface area (Å²) >= 11 is 6.05. The van der Waals surface area contributed by atoms with E-state index in [4.69, 9.17) is 16.3 Å². The molecule has 0 atom stereocenters. The molecule has 1 heterocycles. The normalized spacial score (nSPS) is 12.8. The second-order valence-corrected chi connectivity index (χ2v) is 7.51. The Kier molecular flexibility index (Phi) is 5.36. The minimum Gasteiger partial charge on any atom is -0.465 e. The predicted octanol–water partition coefficient (Wildman–Crippen LogP) is 4.81. The number of amides is 1. The number of hydrogen-bond acceptors (Lipinski definition) is 3. The van der Waals surface area contributed by atoms with E-state index in [-0.39, 0.29) is 5.91 Å². The fourth-order valence-electron chi connectivity index (χ4n) is 3.71. The molecule has 0 unspecified atom stereocenters. The molecular formula is C24H20ClNO3. The van der Waals surface area contributed by atoms with E-state index in [1.165, 1.54) is 7.11 Å². The molecule has 146 valence electrons. The molecule has 0 bridgehead atoms. The van der Waals surface area contributed by atoms with Crippen LogP contribution in [0.3, 0.4) is 0 Å². The van der Waals surface area contributed by atoms with Gasteiger partial charge in [0.15, 0.2) is 0 Å². The van der Waals surface area contributed by atoms with E-state index >= 15 is 0 Å². The van der Waals surface area contributed by atoms with Gasteiger partial charge in [0, 0.05) is 10.7 Å². The van der Waals surface area contributed by atoms with Crippen molar-refractivity contribution in [2.75, 3.05) is 12.0 Å². The van der Waals surface area contributed by atoms with Gasteiger partial charge in [-0.2, -0.15) is 0 Å². The molecule has 0 saturated carbocycles. The maximum Gasteiger partial charge on any atom is 0.338 e. The highest BCUT2D eigenvalue weighted by molar-refractivity contribution is 6.31. The molecule has 1 aliphatic rings. The van der Waals surface area contributed by atoms with E-state index in [2.05, 4.69) is 0 Å². The Balaban J connectivity index is 1.60. The van der Waals surface area contributed by atoms with Crippen LogP contribution < -0.4 is 4.90 Å². The first-order valence-electron chi connectivity index (χ1n) is 9.38. The van der Waals surface area contributed by atoms with Crippen LogP contribution >= 0.6 is 11.6 Å². The topological polar surface area (TPSA) is 46.6 Å². The van der Waals surface area contributed by atoms with E-state index in [0.717, 1.165) is 27.9 Å². The van der Waals surface area contributed by atoms with Gasteiger partial charge in [0.05, 0.1) is 25.6 Å². The van der Waals surface area contributed by atoms with Crippen LogP contribution in [0.2, 0.25) is 5.02 Å². The number of anilines is 1. The van der Waals surface area contributed by atoms with Crippen molar-refractivity contribution in [2.24, 2.45) is 0 Å². The lowest BCUT2D eigenvalue weighted by Crippen LogP contribution is -2.25. The summed E-state index contributed by atoms with van der Waals surface area (Å²) in [6.07, 6.45) is 0.947. The van der Waals surface area contributed by atoms with Crippen LogP contribution in [0.25, 0.3) is 0 Å². The standard InChI is InChI=1S/C24H20ClNO3/c1-29-24(28)21-14-20(25)9-8-18(21)11-17-7-10-22-19(12-17)13-23(27)26(22)15-16-5-3-2-4-6-16/h2-10,12,14H,11,13,15H2,1H3. The molecule has 4 rings (SSSR count). The van der Waals surface area contributed by atoms with Gasteiger partial charge in [0.1, 0.15) is 0 Å². The lowest BCUT2D eigenvalue weighted by molar-refractivity contribution is -0.117. The molecule has 0 spiro atoms. The van der Waals surface area contributed by atoms with Crippen LogP contribution in [-0.4, -0.2) is 19.0 Å². The Morgan fingerprint density at radius 1 is 1.03 bits per heavy atom. The van der Waals surface area contributed by atoms with Crippen molar-refractivity contribution in [2.45, 2.75) is 19.4 Å². The minimum absolute atomic E-state index is 0.0998. The number of carbonyl (C=O) groups is 2. The second-order valence-electron chi connectivity index (χ2n) is 7.08. The number of fused-ring (bicyclic) bond motifs is 1. The molecular weight excluding hydrogens is 386 g/mol.